The minimum atomic E-state index is -0.708. The van der Waals surface area contributed by atoms with Gasteiger partial charge < -0.3 is 10.2 Å². The van der Waals surface area contributed by atoms with E-state index in [9.17, 15) is 9.90 Å². The van der Waals surface area contributed by atoms with E-state index in [1.54, 1.807) is 0 Å². The van der Waals surface area contributed by atoms with Gasteiger partial charge in [0.2, 0.25) is 0 Å². The molecule has 0 bridgehead atoms. The van der Waals surface area contributed by atoms with Crippen LogP contribution < -0.4 is 0 Å². The topological polar surface area (TPSA) is 57.5 Å². The Balaban J connectivity index is 2.49. The fourth-order valence-corrected chi connectivity index (χ4v) is 1.91. The van der Waals surface area contributed by atoms with Crippen molar-refractivity contribution in [1.29, 1.82) is 0 Å². The van der Waals surface area contributed by atoms with Gasteiger partial charge in [0.1, 0.15) is 0 Å². The van der Waals surface area contributed by atoms with Crippen molar-refractivity contribution < 1.29 is 15.0 Å². The maximum atomic E-state index is 10.6. The molecule has 0 amide bonds. The molecule has 1 saturated carbocycles. The first-order chi connectivity index (χ1) is 5.65. The fourth-order valence-electron chi connectivity index (χ4n) is 1.91. The van der Waals surface area contributed by atoms with Crippen molar-refractivity contribution >= 4 is 5.97 Å². The second-order valence-corrected chi connectivity index (χ2v) is 3.58. The van der Waals surface area contributed by atoms with Crippen molar-refractivity contribution in [3.05, 3.63) is 0 Å². The molecule has 2 N–H and O–H groups in total. The summed E-state index contributed by atoms with van der Waals surface area (Å²) >= 11 is 0. The Morgan fingerprint density at radius 3 is 2.67 bits per heavy atom. The summed E-state index contributed by atoms with van der Waals surface area (Å²) in [4.78, 5) is 10.6. The molecule has 0 aliphatic heterocycles. The zero-order valence-corrected chi connectivity index (χ0v) is 7.36. The molecular formula is C9H16O3. The molecule has 0 radical (unpaired) electrons. The molecule has 0 aromatic carbocycles. The molecule has 1 aliphatic rings. The van der Waals surface area contributed by atoms with Crippen LogP contribution in [-0.4, -0.2) is 22.3 Å². The van der Waals surface area contributed by atoms with Crippen LogP contribution in [0.1, 0.15) is 32.6 Å². The maximum Gasteiger partial charge on any atom is 0.306 e. The lowest BCUT2D eigenvalue weighted by molar-refractivity contribution is -0.144. The van der Waals surface area contributed by atoms with Gasteiger partial charge in [-0.15, -0.1) is 0 Å². The van der Waals surface area contributed by atoms with E-state index in [2.05, 4.69) is 0 Å². The Kier molecular flexibility index (Phi) is 3.09. The zero-order valence-electron chi connectivity index (χ0n) is 7.36. The number of aliphatic hydroxyl groups is 1. The molecule has 3 heteroatoms. The Morgan fingerprint density at radius 1 is 1.50 bits per heavy atom. The standard InChI is InChI=1S/C9H16O3/c1-2-6-5-7(9(11)12)3-4-8(6)10/h6-8,10H,2-5H2,1H3,(H,11,12)/t6-,7+,8+/m1/s1. The highest BCUT2D eigenvalue weighted by atomic mass is 16.4. The number of hydrogen-bond acceptors (Lipinski definition) is 2. The SMILES string of the molecule is CC[C@@H]1C[C@@H](C(=O)O)CC[C@@H]1O. The van der Waals surface area contributed by atoms with Crippen LogP contribution in [0.4, 0.5) is 0 Å². The van der Waals surface area contributed by atoms with Crippen LogP contribution in [0.15, 0.2) is 0 Å². The maximum absolute atomic E-state index is 10.6. The normalized spacial score (nSPS) is 36.3. The van der Waals surface area contributed by atoms with Crippen LogP contribution in [-0.2, 0) is 4.79 Å². The Labute approximate surface area is 72.4 Å². The number of carbonyl (C=O) groups is 1. The summed E-state index contributed by atoms with van der Waals surface area (Å²) < 4.78 is 0. The molecule has 1 rings (SSSR count). The van der Waals surface area contributed by atoms with E-state index < -0.39 is 5.97 Å². The molecule has 0 saturated heterocycles. The Morgan fingerprint density at radius 2 is 2.17 bits per heavy atom. The lowest BCUT2D eigenvalue weighted by atomic mass is 9.78. The van der Waals surface area contributed by atoms with E-state index in [0.717, 1.165) is 6.42 Å². The minimum absolute atomic E-state index is 0.194. The monoisotopic (exact) mass is 172 g/mol. The summed E-state index contributed by atoms with van der Waals surface area (Å²) in [7, 11) is 0. The van der Waals surface area contributed by atoms with Crippen LogP contribution in [0.2, 0.25) is 0 Å². The average molecular weight is 172 g/mol. The van der Waals surface area contributed by atoms with Gasteiger partial charge in [0, 0.05) is 0 Å². The summed E-state index contributed by atoms with van der Waals surface area (Å²) in [5.74, 6) is -0.737. The van der Waals surface area contributed by atoms with E-state index in [1.165, 1.54) is 0 Å². The molecule has 0 heterocycles. The summed E-state index contributed by atoms with van der Waals surface area (Å²) in [6.45, 7) is 2.00. The van der Waals surface area contributed by atoms with E-state index in [-0.39, 0.29) is 17.9 Å². The van der Waals surface area contributed by atoms with E-state index in [4.69, 9.17) is 5.11 Å². The van der Waals surface area contributed by atoms with Crippen LogP contribution in [0.25, 0.3) is 0 Å². The second-order valence-electron chi connectivity index (χ2n) is 3.58. The molecule has 0 aromatic rings. The van der Waals surface area contributed by atoms with Crippen molar-refractivity contribution in [2.45, 2.75) is 38.7 Å². The molecule has 3 nitrogen and oxygen atoms in total. The van der Waals surface area contributed by atoms with E-state index in [1.807, 2.05) is 6.92 Å². The Bertz CT molecular complexity index is 167. The number of hydrogen-bond donors (Lipinski definition) is 2. The predicted octanol–water partition coefficient (Wildman–Crippen LogP) is 1.26. The average Bonchev–Trinajstić information content (AvgIpc) is 2.05. The molecule has 0 unspecified atom stereocenters. The lowest BCUT2D eigenvalue weighted by Gasteiger charge is -2.30. The first-order valence-electron chi connectivity index (χ1n) is 4.56. The summed E-state index contributed by atoms with van der Waals surface area (Å²) in [5.41, 5.74) is 0. The van der Waals surface area contributed by atoms with Gasteiger partial charge in [0.05, 0.1) is 12.0 Å². The van der Waals surface area contributed by atoms with Gasteiger partial charge in [-0.05, 0) is 25.2 Å². The smallest absolute Gasteiger partial charge is 0.306 e. The largest absolute Gasteiger partial charge is 0.481 e. The highest BCUT2D eigenvalue weighted by molar-refractivity contribution is 5.70. The van der Waals surface area contributed by atoms with Gasteiger partial charge in [-0.2, -0.15) is 0 Å². The molecular weight excluding hydrogens is 156 g/mol. The molecule has 0 spiro atoms. The predicted molar refractivity (Wildman–Crippen MR) is 44.8 cm³/mol. The van der Waals surface area contributed by atoms with Crippen LogP contribution in [0.3, 0.4) is 0 Å². The molecule has 1 aliphatic carbocycles. The third kappa shape index (κ3) is 1.97. The van der Waals surface area contributed by atoms with Crippen molar-refractivity contribution in [1.82, 2.24) is 0 Å². The van der Waals surface area contributed by atoms with Crippen LogP contribution in [0, 0.1) is 11.8 Å². The fraction of sp³-hybridized carbons (Fsp3) is 0.889. The number of aliphatic carboxylic acids is 1. The molecule has 70 valence electrons. The molecule has 1 fully saturated rings. The third-order valence-corrected chi connectivity index (χ3v) is 2.82. The van der Waals surface area contributed by atoms with Gasteiger partial charge >= 0.3 is 5.97 Å². The first kappa shape index (κ1) is 9.52. The van der Waals surface area contributed by atoms with Gasteiger partial charge in [-0.1, -0.05) is 13.3 Å². The number of rotatable bonds is 2. The van der Waals surface area contributed by atoms with Crippen molar-refractivity contribution in [3.63, 3.8) is 0 Å². The number of aliphatic hydroxyl groups excluding tert-OH is 1. The summed E-state index contributed by atoms with van der Waals surface area (Å²) in [5, 5.41) is 18.2. The van der Waals surface area contributed by atoms with Crippen LogP contribution >= 0.6 is 0 Å². The van der Waals surface area contributed by atoms with E-state index in [0.29, 0.717) is 19.3 Å². The quantitative estimate of drug-likeness (QED) is 0.659. The molecule has 0 aromatic heterocycles. The van der Waals surface area contributed by atoms with Crippen LogP contribution in [0.5, 0.6) is 0 Å². The second kappa shape index (κ2) is 3.90. The van der Waals surface area contributed by atoms with Crippen molar-refractivity contribution in [2.24, 2.45) is 11.8 Å². The van der Waals surface area contributed by atoms with Crippen molar-refractivity contribution in [2.75, 3.05) is 0 Å². The van der Waals surface area contributed by atoms with Gasteiger partial charge in [-0.3, -0.25) is 4.79 Å². The third-order valence-electron chi connectivity index (χ3n) is 2.82. The molecule has 12 heavy (non-hydrogen) atoms. The molecule has 3 atom stereocenters. The first-order valence-corrected chi connectivity index (χ1v) is 4.56. The van der Waals surface area contributed by atoms with E-state index >= 15 is 0 Å². The highest BCUT2D eigenvalue weighted by Gasteiger charge is 2.31. The number of carboxylic acids is 1. The highest BCUT2D eigenvalue weighted by Crippen LogP contribution is 2.31. The zero-order chi connectivity index (χ0) is 9.14. The minimum Gasteiger partial charge on any atom is -0.481 e. The number of carboxylic acid groups (broad SMARTS) is 1. The summed E-state index contributed by atoms with van der Waals surface area (Å²) in [6, 6.07) is 0. The van der Waals surface area contributed by atoms with Crippen molar-refractivity contribution in [3.8, 4) is 0 Å². The van der Waals surface area contributed by atoms with Gasteiger partial charge in [-0.25, -0.2) is 0 Å². The summed E-state index contributed by atoms with van der Waals surface area (Å²) in [6.07, 6.45) is 2.53. The Hall–Kier alpha value is -0.570. The van der Waals surface area contributed by atoms with Gasteiger partial charge in [0.25, 0.3) is 0 Å². The lowest BCUT2D eigenvalue weighted by Crippen LogP contribution is -2.32. The van der Waals surface area contributed by atoms with Gasteiger partial charge in [0.15, 0.2) is 0 Å².